The number of rotatable bonds is 3. The molecule has 0 radical (unpaired) electrons. The van der Waals surface area contributed by atoms with E-state index in [-0.39, 0.29) is 11.8 Å². The summed E-state index contributed by atoms with van der Waals surface area (Å²) in [6.07, 6.45) is 7.51. The number of carbonyl (C=O) groups is 1. The molecular weight excluding hydrogens is 364 g/mol. The highest BCUT2D eigenvalue weighted by molar-refractivity contribution is 6.00. The van der Waals surface area contributed by atoms with Crippen LogP contribution in [0.3, 0.4) is 0 Å². The predicted molar refractivity (Wildman–Crippen MR) is 115 cm³/mol. The summed E-state index contributed by atoms with van der Waals surface area (Å²) in [4.78, 5) is 22.7. The van der Waals surface area contributed by atoms with Gasteiger partial charge in [0.25, 0.3) is 0 Å². The Morgan fingerprint density at radius 2 is 2.03 bits per heavy atom. The zero-order valence-corrected chi connectivity index (χ0v) is 16.6. The van der Waals surface area contributed by atoms with Crippen molar-refractivity contribution in [2.45, 2.75) is 12.8 Å². The van der Waals surface area contributed by atoms with Gasteiger partial charge < -0.3 is 15.2 Å². The second-order valence-electron chi connectivity index (χ2n) is 7.97. The lowest BCUT2D eigenvalue weighted by Gasteiger charge is -2.28. The zero-order chi connectivity index (χ0) is 20.0. The highest BCUT2D eigenvalue weighted by Crippen LogP contribution is 2.31. The summed E-state index contributed by atoms with van der Waals surface area (Å²) in [6.45, 7) is 1.93. The molecule has 7 nitrogen and oxygen atoms in total. The van der Waals surface area contributed by atoms with Crippen LogP contribution in [0.25, 0.3) is 33.1 Å². The number of anilines is 1. The summed E-state index contributed by atoms with van der Waals surface area (Å²) < 4.78 is 1.82. The van der Waals surface area contributed by atoms with Crippen LogP contribution in [0.1, 0.15) is 12.8 Å². The van der Waals surface area contributed by atoms with E-state index in [9.17, 15) is 4.79 Å². The minimum absolute atomic E-state index is 0.0700. The van der Waals surface area contributed by atoms with E-state index in [1.165, 1.54) is 0 Å². The molecule has 148 valence electrons. The smallest absolute Gasteiger partial charge is 0.227 e. The van der Waals surface area contributed by atoms with Gasteiger partial charge in [-0.05, 0) is 56.7 Å². The van der Waals surface area contributed by atoms with Crippen molar-refractivity contribution in [3.8, 4) is 11.1 Å². The fraction of sp³-hybridized carbons (Fsp3) is 0.318. The minimum Gasteiger partial charge on any atom is -0.346 e. The van der Waals surface area contributed by atoms with Gasteiger partial charge in [0.05, 0.1) is 17.4 Å². The van der Waals surface area contributed by atoms with Gasteiger partial charge in [0.1, 0.15) is 5.65 Å². The maximum atomic E-state index is 12.7. The SMILES string of the molecule is CN1CCC(C(=O)Nc2cnc3[nH]cc(-c4ccc5nn(C)cc5c4)c3c2)CC1. The van der Waals surface area contributed by atoms with Crippen molar-refractivity contribution in [3.05, 3.63) is 42.9 Å². The quantitative estimate of drug-likeness (QED) is 0.564. The van der Waals surface area contributed by atoms with Gasteiger partial charge in [0.15, 0.2) is 0 Å². The van der Waals surface area contributed by atoms with Crippen LogP contribution in [0.15, 0.2) is 42.9 Å². The first kappa shape index (κ1) is 17.9. The molecule has 2 N–H and O–H groups in total. The van der Waals surface area contributed by atoms with Crippen molar-refractivity contribution >= 4 is 33.5 Å². The third-order valence-corrected chi connectivity index (χ3v) is 5.82. The number of nitrogens with zero attached hydrogens (tertiary/aromatic N) is 4. The van der Waals surface area contributed by atoms with Gasteiger partial charge in [0, 0.05) is 41.7 Å². The van der Waals surface area contributed by atoms with Gasteiger partial charge in [-0.15, -0.1) is 0 Å². The molecule has 0 unspecified atom stereocenters. The van der Waals surface area contributed by atoms with Gasteiger partial charge in [0.2, 0.25) is 5.91 Å². The number of fused-ring (bicyclic) bond motifs is 2. The third kappa shape index (κ3) is 3.38. The molecule has 0 atom stereocenters. The van der Waals surface area contributed by atoms with Crippen LogP contribution in [-0.4, -0.2) is 50.7 Å². The zero-order valence-electron chi connectivity index (χ0n) is 16.6. The number of amides is 1. The number of hydrogen-bond donors (Lipinski definition) is 2. The summed E-state index contributed by atoms with van der Waals surface area (Å²) in [5, 5.41) is 9.60. The molecule has 4 aromatic rings. The number of H-pyrrole nitrogens is 1. The van der Waals surface area contributed by atoms with E-state index in [4.69, 9.17) is 0 Å². The summed E-state index contributed by atoms with van der Waals surface area (Å²) in [6, 6.07) is 8.24. The fourth-order valence-corrected chi connectivity index (χ4v) is 4.14. The summed E-state index contributed by atoms with van der Waals surface area (Å²) in [7, 11) is 4.02. The van der Waals surface area contributed by atoms with Crippen molar-refractivity contribution < 1.29 is 4.79 Å². The van der Waals surface area contributed by atoms with Crippen LogP contribution in [0.5, 0.6) is 0 Å². The number of carbonyl (C=O) groups excluding carboxylic acids is 1. The lowest BCUT2D eigenvalue weighted by atomic mass is 9.96. The Kier molecular flexibility index (Phi) is 4.32. The van der Waals surface area contributed by atoms with Crippen LogP contribution in [0.2, 0.25) is 0 Å². The Bertz CT molecular complexity index is 1200. The Labute approximate surface area is 168 Å². The van der Waals surface area contributed by atoms with E-state index in [1.54, 1.807) is 6.20 Å². The van der Waals surface area contributed by atoms with Crippen molar-refractivity contribution in [3.63, 3.8) is 0 Å². The molecule has 29 heavy (non-hydrogen) atoms. The van der Waals surface area contributed by atoms with E-state index in [0.29, 0.717) is 0 Å². The van der Waals surface area contributed by atoms with Crippen molar-refractivity contribution in [2.75, 3.05) is 25.5 Å². The van der Waals surface area contributed by atoms with E-state index < -0.39 is 0 Å². The van der Waals surface area contributed by atoms with Crippen LogP contribution in [-0.2, 0) is 11.8 Å². The minimum atomic E-state index is 0.0700. The standard InChI is InChI=1S/C22H24N6O/c1-27-7-5-14(6-8-27)22(29)25-17-10-18-19(12-24-21(18)23-11-17)15-3-4-20-16(9-15)13-28(2)26-20/h3-4,9-14H,5-8H2,1-2H3,(H,23,24)(H,25,29). The highest BCUT2D eigenvalue weighted by Gasteiger charge is 2.23. The number of aromatic nitrogens is 4. The van der Waals surface area contributed by atoms with Crippen LogP contribution in [0, 0.1) is 5.92 Å². The number of aryl methyl sites for hydroxylation is 1. The number of hydrogen-bond acceptors (Lipinski definition) is 4. The van der Waals surface area contributed by atoms with Crippen molar-refractivity contribution in [1.29, 1.82) is 0 Å². The molecule has 1 aliphatic rings. The van der Waals surface area contributed by atoms with E-state index in [0.717, 1.165) is 64.7 Å². The van der Waals surface area contributed by atoms with Gasteiger partial charge in [-0.25, -0.2) is 4.98 Å². The fourth-order valence-electron chi connectivity index (χ4n) is 4.14. The first-order valence-electron chi connectivity index (χ1n) is 9.97. The Morgan fingerprint density at radius 1 is 1.21 bits per heavy atom. The molecule has 7 heteroatoms. The number of benzene rings is 1. The van der Waals surface area contributed by atoms with Gasteiger partial charge in [-0.2, -0.15) is 5.10 Å². The Balaban J connectivity index is 1.44. The maximum Gasteiger partial charge on any atom is 0.227 e. The van der Waals surface area contributed by atoms with E-state index >= 15 is 0 Å². The Hall–Kier alpha value is -3.19. The number of likely N-dealkylation sites (tertiary alicyclic amines) is 1. The molecule has 4 heterocycles. The van der Waals surface area contributed by atoms with Crippen molar-refractivity contribution in [2.24, 2.45) is 13.0 Å². The van der Waals surface area contributed by atoms with Gasteiger partial charge >= 0.3 is 0 Å². The summed E-state index contributed by atoms with van der Waals surface area (Å²) >= 11 is 0. The molecule has 1 aliphatic heterocycles. The number of nitrogens with one attached hydrogen (secondary N) is 2. The number of aromatic amines is 1. The highest BCUT2D eigenvalue weighted by atomic mass is 16.1. The van der Waals surface area contributed by atoms with Crippen LogP contribution < -0.4 is 5.32 Å². The van der Waals surface area contributed by atoms with E-state index in [1.807, 2.05) is 36.3 Å². The van der Waals surface area contributed by atoms with Crippen LogP contribution >= 0.6 is 0 Å². The molecule has 1 aromatic carbocycles. The maximum absolute atomic E-state index is 12.7. The molecule has 3 aromatic heterocycles. The largest absolute Gasteiger partial charge is 0.346 e. The molecule has 0 spiro atoms. The monoisotopic (exact) mass is 388 g/mol. The topological polar surface area (TPSA) is 78.8 Å². The molecule has 5 rings (SSSR count). The van der Waals surface area contributed by atoms with Crippen LogP contribution in [0.4, 0.5) is 5.69 Å². The second kappa shape index (κ2) is 7.00. The average Bonchev–Trinajstić information content (AvgIpc) is 3.29. The second-order valence-corrected chi connectivity index (χ2v) is 7.97. The first-order chi connectivity index (χ1) is 14.1. The predicted octanol–water partition coefficient (Wildman–Crippen LogP) is 3.40. The lowest BCUT2D eigenvalue weighted by molar-refractivity contribution is -0.121. The summed E-state index contributed by atoms with van der Waals surface area (Å²) in [5.41, 5.74) is 4.68. The Morgan fingerprint density at radius 3 is 2.86 bits per heavy atom. The van der Waals surface area contributed by atoms with Gasteiger partial charge in [-0.1, -0.05) is 6.07 Å². The number of piperidine rings is 1. The number of pyridine rings is 1. The van der Waals surface area contributed by atoms with E-state index in [2.05, 4.69) is 44.5 Å². The molecule has 0 saturated carbocycles. The molecule has 1 amide bonds. The molecule has 1 fully saturated rings. The molecule has 0 aliphatic carbocycles. The van der Waals surface area contributed by atoms with Crippen molar-refractivity contribution in [1.82, 2.24) is 24.6 Å². The lowest BCUT2D eigenvalue weighted by Crippen LogP contribution is -2.35. The normalized spacial score (nSPS) is 15.9. The third-order valence-electron chi connectivity index (χ3n) is 5.82. The molecule has 0 bridgehead atoms. The van der Waals surface area contributed by atoms with Gasteiger partial charge in [-0.3, -0.25) is 9.48 Å². The summed E-state index contributed by atoms with van der Waals surface area (Å²) in [5.74, 6) is 0.161. The molecule has 1 saturated heterocycles. The average molecular weight is 388 g/mol. The first-order valence-corrected chi connectivity index (χ1v) is 9.97. The molecular formula is C22H24N6O.